The maximum Gasteiger partial charge on any atom is 0.226 e. The molecule has 1 fully saturated rings. The van der Waals surface area contributed by atoms with E-state index in [0.29, 0.717) is 24.2 Å². The number of methoxy groups -OCH3 is 1. The summed E-state index contributed by atoms with van der Waals surface area (Å²) in [5.74, 6) is 2.55. The predicted molar refractivity (Wildman–Crippen MR) is 134 cm³/mol. The Kier molecular flexibility index (Phi) is 7.32. The van der Waals surface area contributed by atoms with E-state index < -0.39 is 0 Å². The van der Waals surface area contributed by atoms with Crippen molar-refractivity contribution in [3.05, 3.63) is 72.1 Å². The topological polar surface area (TPSA) is 78.0 Å². The lowest BCUT2D eigenvalue weighted by Gasteiger charge is -2.25. The standard InChI is InChI=1S/C26H28FN5O2S/c1-33-23-9-5-6-20(14-23)28-15-24-30-31-26(32(24)22-7-3-2-4-8-22)35-17-21-16-34-25(29-21)18-10-12-19(27)13-11-18/h5-6,9-14,16,22,28H,2-4,7-8,15,17H2,1H3. The minimum absolute atomic E-state index is 0.283. The minimum atomic E-state index is -0.283. The Morgan fingerprint density at radius 1 is 1.11 bits per heavy atom. The number of ether oxygens (including phenoxy) is 1. The molecule has 5 rings (SSSR count). The van der Waals surface area contributed by atoms with Gasteiger partial charge in [-0.3, -0.25) is 0 Å². The largest absolute Gasteiger partial charge is 0.497 e. The summed E-state index contributed by atoms with van der Waals surface area (Å²) in [6.45, 7) is 0.579. The van der Waals surface area contributed by atoms with E-state index in [-0.39, 0.29) is 5.82 Å². The van der Waals surface area contributed by atoms with Crippen molar-refractivity contribution in [2.45, 2.75) is 55.6 Å². The Balaban J connectivity index is 1.31. The van der Waals surface area contributed by atoms with Gasteiger partial charge in [0.05, 0.1) is 19.3 Å². The third kappa shape index (κ3) is 5.67. The first-order valence-corrected chi connectivity index (χ1v) is 12.8. The van der Waals surface area contributed by atoms with Crippen LogP contribution in [-0.2, 0) is 12.3 Å². The van der Waals surface area contributed by atoms with Crippen LogP contribution in [0.5, 0.6) is 5.75 Å². The van der Waals surface area contributed by atoms with Gasteiger partial charge in [-0.25, -0.2) is 9.37 Å². The fraction of sp³-hybridized carbons (Fsp3) is 0.346. The first-order chi connectivity index (χ1) is 17.2. The summed E-state index contributed by atoms with van der Waals surface area (Å²) in [6.07, 6.45) is 7.65. The van der Waals surface area contributed by atoms with Crippen LogP contribution in [0.25, 0.3) is 11.5 Å². The van der Waals surface area contributed by atoms with Crippen molar-refractivity contribution < 1.29 is 13.5 Å². The number of hydrogen-bond acceptors (Lipinski definition) is 7. The molecule has 1 N–H and O–H groups in total. The number of nitrogens with zero attached hydrogens (tertiary/aromatic N) is 4. The monoisotopic (exact) mass is 493 g/mol. The van der Waals surface area contributed by atoms with Gasteiger partial charge < -0.3 is 19.0 Å². The predicted octanol–water partition coefficient (Wildman–Crippen LogP) is 6.49. The van der Waals surface area contributed by atoms with Crippen molar-refractivity contribution in [3.8, 4) is 17.2 Å². The zero-order chi connectivity index (χ0) is 24.0. The number of aromatic nitrogens is 4. The molecule has 0 spiro atoms. The fourth-order valence-electron chi connectivity index (χ4n) is 4.38. The van der Waals surface area contributed by atoms with Gasteiger partial charge in [-0.2, -0.15) is 0 Å². The molecule has 182 valence electrons. The highest BCUT2D eigenvalue weighted by Crippen LogP contribution is 2.34. The van der Waals surface area contributed by atoms with Gasteiger partial charge >= 0.3 is 0 Å². The van der Waals surface area contributed by atoms with E-state index in [1.54, 1.807) is 37.3 Å². The lowest BCUT2D eigenvalue weighted by molar-refractivity contribution is 0.330. The lowest BCUT2D eigenvalue weighted by Crippen LogP contribution is -2.18. The minimum Gasteiger partial charge on any atom is -0.497 e. The molecule has 0 bridgehead atoms. The average Bonchev–Trinajstić information content (AvgIpc) is 3.54. The van der Waals surface area contributed by atoms with Crippen LogP contribution >= 0.6 is 11.8 Å². The van der Waals surface area contributed by atoms with Crippen LogP contribution in [0, 0.1) is 5.82 Å². The summed E-state index contributed by atoms with van der Waals surface area (Å²) < 4.78 is 26.5. The molecule has 9 heteroatoms. The molecule has 2 aromatic heterocycles. The van der Waals surface area contributed by atoms with Crippen LogP contribution in [0.4, 0.5) is 10.1 Å². The number of rotatable bonds is 9. The molecule has 4 aromatic rings. The highest BCUT2D eigenvalue weighted by molar-refractivity contribution is 7.98. The molecule has 1 aliphatic rings. The molecule has 0 unspecified atom stereocenters. The van der Waals surface area contributed by atoms with Gasteiger partial charge in [-0.15, -0.1) is 10.2 Å². The van der Waals surface area contributed by atoms with Gasteiger partial charge in [0.15, 0.2) is 11.0 Å². The van der Waals surface area contributed by atoms with Crippen molar-refractivity contribution in [3.63, 3.8) is 0 Å². The summed E-state index contributed by atoms with van der Waals surface area (Å²) in [5, 5.41) is 13.4. The number of thioether (sulfide) groups is 1. The number of anilines is 1. The summed E-state index contributed by atoms with van der Waals surface area (Å²) >= 11 is 1.61. The van der Waals surface area contributed by atoms with Crippen LogP contribution in [-0.4, -0.2) is 26.9 Å². The molecule has 1 saturated carbocycles. The van der Waals surface area contributed by atoms with E-state index in [1.165, 1.54) is 31.4 Å². The molecule has 1 aliphatic carbocycles. The Bertz CT molecular complexity index is 1250. The first kappa shape index (κ1) is 23.4. The van der Waals surface area contributed by atoms with E-state index in [2.05, 4.69) is 25.1 Å². The summed E-state index contributed by atoms with van der Waals surface area (Å²) in [5.41, 5.74) is 2.54. The Labute approximate surface area is 208 Å². The number of halogens is 1. The van der Waals surface area contributed by atoms with Crippen molar-refractivity contribution in [1.82, 2.24) is 19.7 Å². The Morgan fingerprint density at radius 2 is 1.94 bits per heavy atom. The third-order valence-corrected chi connectivity index (χ3v) is 7.16. The molecule has 0 amide bonds. The maximum absolute atomic E-state index is 13.2. The average molecular weight is 494 g/mol. The molecule has 7 nitrogen and oxygen atoms in total. The highest BCUT2D eigenvalue weighted by atomic mass is 32.2. The van der Waals surface area contributed by atoms with Gasteiger partial charge in [0.1, 0.15) is 17.8 Å². The first-order valence-electron chi connectivity index (χ1n) is 11.8. The summed E-state index contributed by atoms with van der Waals surface area (Å²) in [4.78, 5) is 4.57. The van der Waals surface area contributed by atoms with E-state index >= 15 is 0 Å². The molecule has 0 radical (unpaired) electrons. The van der Waals surface area contributed by atoms with Crippen LogP contribution in [0.3, 0.4) is 0 Å². The van der Waals surface area contributed by atoms with Gasteiger partial charge in [0, 0.05) is 29.1 Å². The van der Waals surface area contributed by atoms with Crippen molar-refractivity contribution >= 4 is 17.4 Å². The van der Waals surface area contributed by atoms with Crippen LogP contribution < -0.4 is 10.1 Å². The van der Waals surface area contributed by atoms with E-state index in [1.807, 2.05) is 24.3 Å². The smallest absolute Gasteiger partial charge is 0.226 e. The molecule has 0 aliphatic heterocycles. The number of hydrogen-bond donors (Lipinski definition) is 1. The Morgan fingerprint density at radius 3 is 2.74 bits per heavy atom. The number of nitrogens with one attached hydrogen (secondary N) is 1. The molecule has 0 saturated heterocycles. The normalized spacial score (nSPS) is 14.2. The summed E-state index contributed by atoms with van der Waals surface area (Å²) in [7, 11) is 1.67. The van der Waals surface area contributed by atoms with Crippen LogP contribution in [0.1, 0.15) is 49.7 Å². The third-order valence-electron chi connectivity index (χ3n) is 6.19. The van der Waals surface area contributed by atoms with E-state index in [4.69, 9.17) is 9.15 Å². The summed E-state index contributed by atoms with van der Waals surface area (Å²) in [6, 6.07) is 14.4. The maximum atomic E-state index is 13.2. The van der Waals surface area contributed by atoms with E-state index in [9.17, 15) is 4.39 Å². The van der Waals surface area contributed by atoms with Crippen LogP contribution in [0.2, 0.25) is 0 Å². The van der Waals surface area contributed by atoms with Crippen molar-refractivity contribution in [2.24, 2.45) is 0 Å². The van der Waals surface area contributed by atoms with Gasteiger partial charge in [-0.1, -0.05) is 37.1 Å². The number of oxazole rings is 1. The molecular weight excluding hydrogens is 465 g/mol. The molecule has 2 heterocycles. The number of benzene rings is 2. The van der Waals surface area contributed by atoms with E-state index in [0.717, 1.165) is 46.5 Å². The second-order valence-electron chi connectivity index (χ2n) is 8.59. The fourth-order valence-corrected chi connectivity index (χ4v) is 5.28. The lowest BCUT2D eigenvalue weighted by atomic mass is 9.95. The van der Waals surface area contributed by atoms with Crippen molar-refractivity contribution in [1.29, 1.82) is 0 Å². The van der Waals surface area contributed by atoms with Crippen LogP contribution in [0.15, 0.2) is 64.4 Å². The molecule has 0 atom stereocenters. The molecular formula is C26H28FN5O2S. The molecule has 35 heavy (non-hydrogen) atoms. The van der Waals surface area contributed by atoms with Gasteiger partial charge in [0.25, 0.3) is 0 Å². The van der Waals surface area contributed by atoms with Gasteiger partial charge in [-0.05, 0) is 49.2 Å². The second-order valence-corrected chi connectivity index (χ2v) is 9.53. The molecule has 2 aromatic carbocycles. The quantitative estimate of drug-likeness (QED) is 0.267. The SMILES string of the molecule is COc1cccc(NCc2nnc(SCc3coc(-c4ccc(F)cc4)n3)n2C2CCCCC2)c1. The Hall–Kier alpha value is -3.33. The highest BCUT2D eigenvalue weighted by Gasteiger charge is 2.23. The zero-order valence-electron chi connectivity index (χ0n) is 19.6. The van der Waals surface area contributed by atoms with Crippen molar-refractivity contribution in [2.75, 3.05) is 12.4 Å². The zero-order valence-corrected chi connectivity index (χ0v) is 20.4. The van der Waals surface area contributed by atoms with Gasteiger partial charge in [0.2, 0.25) is 5.89 Å². The second kappa shape index (κ2) is 10.9.